The Balaban J connectivity index is 1.85. The average molecular weight is 253 g/mol. The number of nitrogens with zero attached hydrogens (tertiary/aromatic N) is 3. The predicted molar refractivity (Wildman–Crippen MR) is 76.7 cm³/mol. The highest BCUT2D eigenvalue weighted by Gasteiger charge is 2.03. The maximum atomic E-state index is 6.04. The lowest BCUT2D eigenvalue weighted by molar-refractivity contribution is 0.768. The number of benzene rings is 1. The Morgan fingerprint density at radius 1 is 1.26 bits per heavy atom. The summed E-state index contributed by atoms with van der Waals surface area (Å²) in [5.74, 6) is 0.830. The van der Waals surface area contributed by atoms with E-state index in [2.05, 4.69) is 15.4 Å². The zero-order chi connectivity index (χ0) is 13.2. The summed E-state index contributed by atoms with van der Waals surface area (Å²) in [6.07, 6.45) is 1.89. The van der Waals surface area contributed by atoms with Gasteiger partial charge in [-0.3, -0.25) is 9.67 Å². The predicted octanol–water partition coefficient (Wildman–Crippen LogP) is 2.16. The van der Waals surface area contributed by atoms with Gasteiger partial charge < -0.3 is 11.1 Å². The maximum absolute atomic E-state index is 6.04. The Kier molecular flexibility index (Phi) is 2.79. The standard InChI is InChI=1S/C14H15N5/c1-19-7-6-14(18-19)16-9-10-8-12(15)11-4-2-3-5-13(11)17-10/h2-8H,9H2,1H3,(H2,15,17)(H,16,18). The molecule has 3 rings (SSSR count). The fourth-order valence-corrected chi connectivity index (χ4v) is 2.04. The lowest BCUT2D eigenvalue weighted by Crippen LogP contribution is -2.04. The summed E-state index contributed by atoms with van der Waals surface area (Å²) >= 11 is 0. The number of nitrogens with two attached hydrogens (primary N) is 1. The molecule has 3 aromatic rings. The number of nitrogen functional groups attached to an aromatic ring is 1. The van der Waals surface area contributed by atoms with E-state index in [1.54, 1.807) is 4.68 Å². The number of pyridine rings is 1. The topological polar surface area (TPSA) is 68.8 Å². The quantitative estimate of drug-likeness (QED) is 0.750. The molecule has 0 aliphatic carbocycles. The van der Waals surface area contributed by atoms with Gasteiger partial charge in [-0.05, 0) is 12.1 Å². The van der Waals surface area contributed by atoms with Gasteiger partial charge in [0.15, 0.2) is 0 Å². The van der Waals surface area contributed by atoms with E-state index in [4.69, 9.17) is 5.73 Å². The highest BCUT2D eigenvalue weighted by Crippen LogP contribution is 2.20. The summed E-state index contributed by atoms with van der Waals surface area (Å²) in [6.45, 7) is 0.603. The van der Waals surface area contributed by atoms with E-state index in [0.717, 1.165) is 28.1 Å². The highest BCUT2D eigenvalue weighted by molar-refractivity contribution is 5.90. The maximum Gasteiger partial charge on any atom is 0.148 e. The van der Waals surface area contributed by atoms with Crippen molar-refractivity contribution in [1.29, 1.82) is 0 Å². The third-order valence-corrected chi connectivity index (χ3v) is 2.97. The van der Waals surface area contributed by atoms with Gasteiger partial charge in [0.2, 0.25) is 0 Å². The third kappa shape index (κ3) is 2.35. The molecule has 0 saturated heterocycles. The van der Waals surface area contributed by atoms with Crippen LogP contribution in [0.4, 0.5) is 11.5 Å². The van der Waals surface area contributed by atoms with Crippen molar-refractivity contribution in [2.45, 2.75) is 6.54 Å². The second kappa shape index (κ2) is 4.61. The lowest BCUT2D eigenvalue weighted by Gasteiger charge is -2.07. The number of hydrogen-bond donors (Lipinski definition) is 2. The lowest BCUT2D eigenvalue weighted by atomic mass is 10.1. The number of anilines is 2. The fourth-order valence-electron chi connectivity index (χ4n) is 2.04. The molecule has 2 aromatic heterocycles. The summed E-state index contributed by atoms with van der Waals surface area (Å²) in [5, 5.41) is 8.47. The first-order chi connectivity index (χ1) is 9.22. The van der Waals surface area contributed by atoms with Crippen molar-refractivity contribution in [3.05, 3.63) is 48.3 Å². The van der Waals surface area contributed by atoms with Crippen LogP contribution in [0.15, 0.2) is 42.6 Å². The molecule has 2 heterocycles. The van der Waals surface area contributed by atoms with Gasteiger partial charge in [0.25, 0.3) is 0 Å². The van der Waals surface area contributed by atoms with Crippen molar-refractivity contribution < 1.29 is 0 Å². The van der Waals surface area contributed by atoms with Crippen LogP contribution in [0.25, 0.3) is 10.9 Å². The van der Waals surface area contributed by atoms with Crippen LogP contribution in [-0.2, 0) is 13.6 Å². The van der Waals surface area contributed by atoms with Crippen molar-refractivity contribution in [3.63, 3.8) is 0 Å². The molecule has 5 nitrogen and oxygen atoms in total. The van der Waals surface area contributed by atoms with Gasteiger partial charge in [-0.25, -0.2) is 0 Å². The summed E-state index contributed by atoms with van der Waals surface area (Å²) in [4.78, 5) is 4.58. The molecule has 3 N–H and O–H groups in total. The molecular weight excluding hydrogens is 238 g/mol. The van der Waals surface area contributed by atoms with Gasteiger partial charge in [0, 0.05) is 30.4 Å². The van der Waals surface area contributed by atoms with Gasteiger partial charge in [0.1, 0.15) is 5.82 Å². The van der Waals surface area contributed by atoms with Crippen LogP contribution in [0, 0.1) is 0 Å². The number of rotatable bonds is 3. The van der Waals surface area contributed by atoms with Gasteiger partial charge in [-0.2, -0.15) is 5.10 Å². The van der Waals surface area contributed by atoms with E-state index in [1.807, 2.05) is 49.6 Å². The first kappa shape index (κ1) is 11.5. The summed E-state index contributed by atoms with van der Waals surface area (Å²) in [7, 11) is 1.89. The molecule has 0 fully saturated rings. The molecule has 19 heavy (non-hydrogen) atoms. The van der Waals surface area contributed by atoms with E-state index in [-0.39, 0.29) is 0 Å². The Bertz CT molecular complexity index is 717. The molecule has 0 spiro atoms. The molecule has 0 atom stereocenters. The zero-order valence-corrected chi connectivity index (χ0v) is 10.7. The Labute approximate surface area is 111 Å². The van der Waals surface area contributed by atoms with Crippen molar-refractivity contribution in [1.82, 2.24) is 14.8 Å². The largest absolute Gasteiger partial charge is 0.398 e. The van der Waals surface area contributed by atoms with Crippen LogP contribution in [-0.4, -0.2) is 14.8 Å². The molecule has 0 amide bonds. The number of fused-ring (bicyclic) bond motifs is 1. The van der Waals surface area contributed by atoms with Gasteiger partial charge >= 0.3 is 0 Å². The van der Waals surface area contributed by atoms with Crippen LogP contribution in [0.1, 0.15) is 5.69 Å². The second-order valence-electron chi connectivity index (χ2n) is 4.45. The van der Waals surface area contributed by atoms with Crippen LogP contribution < -0.4 is 11.1 Å². The molecule has 5 heteroatoms. The van der Waals surface area contributed by atoms with Crippen molar-refractivity contribution in [2.75, 3.05) is 11.1 Å². The molecule has 0 saturated carbocycles. The molecular formula is C14H15N5. The first-order valence-electron chi connectivity index (χ1n) is 6.10. The van der Waals surface area contributed by atoms with E-state index >= 15 is 0 Å². The Morgan fingerprint density at radius 3 is 2.89 bits per heavy atom. The molecule has 0 aliphatic heterocycles. The van der Waals surface area contributed by atoms with Crippen molar-refractivity contribution >= 4 is 22.4 Å². The van der Waals surface area contributed by atoms with Crippen molar-refractivity contribution in [3.8, 4) is 0 Å². The fraction of sp³-hybridized carbons (Fsp3) is 0.143. The molecule has 96 valence electrons. The summed E-state index contributed by atoms with van der Waals surface area (Å²) < 4.78 is 1.75. The minimum atomic E-state index is 0.603. The van der Waals surface area contributed by atoms with Crippen LogP contribution in [0.5, 0.6) is 0 Å². The summed E-state index contributed by atoms with van der Waals surface area (Å²) in [5.41, 5.74) is 8.62. The van der Waals surface area contributed by atoms with E-state index in [0.29, 0.717) is 6.54 Å². The SMILES string of the molecule is Cn1ccc(NCc2cc(N)c3ccccc3n2)n1. The smallest absolute Gasteiger partial charge is 0.148 e. The van der Waals surface area contributed by atoms with Gasteiger partial charge in [-0.15, -0.1) is 0 Å². The zero-order valence-electron chi connectivity index (χ0n) is 10.7. The molecule has 0 unspecified atom stereocenters. The molecule has 1 aromatic carbocycles. The molecule has 0 radical (unpaired) electrons. The number of aromatic nitrogens is 3. The second-order valence-corrected chi connectivity index (χ2v) is 4.45. The Hall–Kier alpha value is -2.56. The third-order valence-electron chi connectivity index (χ3n) is 2.97. The minimum Gasteiger partial charge on any atom is -0.398 e. The average Bonchev–Trinajstić information content (AvgIpc) is 2.82. The number of aryl methyl sites for hydroxylation is 1. The van der Waals surface area contributed by atoms with Crippen molar-refractivity contribution in [2.24, 2.45) is 7.05 Å². The minimum absolute atomic E-state index is 0.603. The summed E-state index contributed by atoms with van der Waals surface area (Å²) in [6, 6.07) is 11.7. The Morgan fingerprint density at radius 2 is 2.11 bits per heavy atom. The van der Waals surface area contributed by atoms with Crippen LogP contribution in [0.2, 0.25) is 0 Å². The molecule has 0 aliphatic rings. The molecule has 0 bridgehead atoms. The highest BCUT2D eigenvalue weighted by atomic mass is 15.3. The number of nitrogens with one attached hydrogen (secondary N) is 1. The van der Waals surface area contributed by atoms with Crippen LogP contribution >= 0.6 is 0 Å². The monoisotopic (exact) mass is 253 g/mol. The van der Waals surface area contributed by atoms with Gasteiger partial charge in [0.05, 0.1) is 17.8 Å². The van der Waals surface area contributed by atoms with Crippen LogP contribution in [0.3, 0.4) is 0 Å². The normalized spacial score (nSPS) is 10.8. The van der Waals surface area contributed by atoms with E-state index in [9.17, 15) is 0 Å². The first-order valence-corrected chi connectivity index (χ1v) is 6.10. The van der Waals surface area contributed by atoms with Gasteiger partial charge in [-0.1, -0.05) is 18.2 Å². The van der Waals surface area contributed by atoms with E-state index in [1.165, 1.54) is 0 Å². The number of hydrogen-bond acceptors (Lipinski definition) is 4. The van der Waals surface area contributed by atoms with E-state index < -0.39 is 0 Å². The number of para-hydroxylation sites is 1.